The Labute approximate surface area is 401 Å². The number of hydrogen-bond acceptors (Lipinski definition) is 8. The highest BCUT2D eigenvalue weighted by Crippen LogP contribution is 2.52. The molecule has 0 fully saturated rings. The van der Waals surface area contributed by atoms with E-state index in [1.165, 1.54) is 0 Å². The Bertz CT molecular complexity index is 3240. The van der Waals surface area contributed by atoms with Crippen molar-refractivity contribution in [1.29, 1.82) is 0 Å². The van der Waals surface area contributed by atoms with E-state index in [0.29, 0.717) is 38.0 Å². The van der Waals surface area contributed by atoms with E-state index in [-0.39, 0.29) is 12.2 Å². The van der Waals surface area contributed by atoms with Crippen molar-refractivity contribution in [2.75, 3.05) is 36.5 Å². The molecule has 1 aliphatic carbocycles. The van der Waals surface area contributed by atoms with Gasteiger partial charge in [0.1, 0.15) is 12.1 Å². The molecule has 3 aliphatic rings. The number of hydrogen-bond donors (Lipinski definition) is 1. The van der Waals surface area contributed by atoms with Gasteiger partial charge >= 0.3 is 6.09 Å². The van der Waals surface area contributed by atoms with Crippen molar-refractivity contribution in [1.82, 2.24) is 4.90 Å². The topological polar surface area (TPSA) is 147 Å². The molecule has 13 heteroatoms. The summed E-state index contributed by atoms with van der Waals surface area (Å²) in [7, 11) is -6.75. The van der Waals surface area contributed by atoms with Crippen LogP contribution in [0.15, 0.2) is 133 Å². The van der Waals surface area contributed by atoms with Crippen LogP contribution >= 0.6 is 0 Å². The van der Waals surface area contributed by atoms with E-state index in [1.54, 1.807) is 11.9 Å². The molecule has 0 unspecified atom stereocenters. The Morgan fingerprint density at radius 3 is 2.00 bits per heavy atom. The van der Waals surface area contributed by atoms with Gasteiger partial charge in [-0.2, -0.15) is 13.0 Å². The third-order valence-corrected chi connectivity index (χ3v) is 15.0. The largest absolute Gasteiger partial charge is 0.748 e. The van der Waals surface area contributed by atoms with Crippen LogP contribution in [0.5, 0.6) is 0 Å². The molecule has 2 heterocycles. The summed E-state index contributed by atoms with van der Waals surface area (Å²) in [6.45, 7) is 15.3. The predicted molar refractivity (Wildman–Crippen MR) is 273 cm³/mol. The number of fused-ring (bicyclic) bond motifs is 7. The van der Waals surface area contributed by atoms with Gasteiger partial charge in [0.15, 0.2) is 5.71 Å². The van der Waals surface area contributed by atoms with Gasteiger partial charge in [-0.25, -0.2) is 13.2 Å². The number of carbonyl (C=O) groups is 1. The van der Waals surface area contributed by atoms with Crippen molar-refractivity contribution in [3.63, 3.8) is 0 Å². The van der Waals surface area contributed by atoms with Crippen LogP contribution in [0, 0.1) is 0 Å². The highest BCUT2D eigenvalue weighted by molar-refractivity contribution is 7.85. The van der Waals surface area contributed by atoms with Gasteiger partial charge in [-0.1, -0.05) is 98.8 Å². The molecule has 0 saturated heterocycles. The monoisotopic (exact) mass is 955 g/mol. The molecule has 0 bridgehead atoms. The number of anilines is 1. The molecule has 356 valence electrons. The highest BCUT2D eigenvalue weighted by Gasteiger charge is 2.46. The van der Waals surface area contributed by atoms with Crippen LogP contribution in [-0.2, 0) is 35.8 Å². The second-order valence-electron chi connectivity index (χ2n) is 20.1. The van der Waals surface area contributed by atoms with Gasteiger partial charge in [-0.3, -0.25) is 9.45 Å². The first-order chi connectivity index (χ1) is 32.0. The molecule has 0 radical (unpaired) electrons. The molecule has 0 atom stereocenters. The molecule has 5 aromatic rings. The van der Waals surface area contributed by atoms with Crippen molar-refractivity contribution in [2.45, 2.75) is 90.6 Å². The van der Waals surface area contributed by atoms with Crippen molar-refractivity contribution in [2.24, 2.45) is 0 Å². The van der Waals surface area contributed by atoms with Crippen molar-refractivity contribution < 1.29 is 40.0 Å². The zero-order valence-corrected chi connectivity index (χ0v) is 41.8. The fourth-order valence-corrected chi connectivity index (χ4v) is 11.6. The summed E-state index contributed by atoms with van der Waals surface area (Å²) in [5.74, 6) is -0.750. The van der Waals surface area contributed by atoms with E-state index in [0.717, 1.165) is 77.7 Å². The zero-order chi connectivity index (χ0) is 49.0. The average molecular weight is 956 g/mol. The predicted octanol–water partition coefficient (Wildman–Crippen LogP) is 11.3. The number of nitrogens with zero attached hydrogens (tertiary/aromatic N) is 3. The smallest absolute Gasteiger partial charge is 0.414 e. The minimum Gasteiger partial charge on any atom is -0.748 e. The number of unbranched alkanes of at least 4 members (excludes halogenated alkanes) is 2. The molecule has 5 aromatic carbocycles. The number of likely N-dealkylation sites (N-methyl/N-ethyl adjacent to an activating group) is 1. The maximum Gasteiger partial charge on any atom is 0.414 e. The Hall–Kier alpha value is -5.86. The van der Waals surface area contributed by atoms with Crippen LogP contribution in [0.2, 0.25) is 0 Å². The van der Waals surface area contributed by atoms with Gasteiger partial charge in [0.05, 0.1) is 27.0 Å². The van der Waals surface area contributed by atoms with E-state index in [1.807, 2.05) is 57.2 Å². The third kappa shape index (κ3) is 9.58. The molecule has 8 rings (SSSR count). The quantitative estimate of drug-likeness (QED) is 0.0652. The summed E-state index contributed by atoms with van der Waals surface area (Å²) in [5, 5.41) is 4.48. The summed E-state index contributed by atoms with van der Waals surface area (Å²) in [6.07, 6.45) is 9.40. The lowest BCUT2D eigenvalue weighted by molar-refractivity contribution is -0.438. The minimum atomic E-state index is -4.36. The maximum atomic E-state index is 14.3. The fourth-order valence-electron chi connectivity index (χ4n) is 10.5. The molecule has 1 amide bonds. The van der Waals surface area contributed by atoms with Crippen LogP contribution < -0.4 is 4.90 Å². The van der Waals surface area contributed by atoms with Gasteiger partial charge in [-0.15, -0.1) is 0 Å². The first-order valence-corrected chi connectivity index (χ1v) is 26.4. The Morgan fingerprint density at radius 1 is 0.750 bits per heavy atom. The van der Waals surface area contributed by atoms with Crippen molar-refractivity contribution in [3.05, 3.63) is 155 Å². The van der Waals surface area contributed by atoms with E-state index >= 15 is 0 Å². The molecule has 0 spiro atoms. The number of carbonyl (C=O) groups excluding carboxylic acids is 1. The number of benzene rings is 5. The highest BCUT2D eigenvalue weighted by atomic mass is 32.2. The summed E-state index contributed by atoms with van der Waals surface area (Å²) >= 11 is 0. The normalized spacial score (nSPS) is 17.8. The number of ether oxygens (including phenoxy) is 1. The Balaban J connectivity index is 1.30. The van der Waals surface area contributed by atoms with Crippen LogP contribution in [0.3, 0.4) is 0 Å². The molecule has 0 aromatic heterocycles. The van der Waals surface area contributed by atoms with Crippen molar-refractivity contribution >= 4 is 76.1 Å². The molecule has 2 aliphatic heterocycles. The molecular formula is C55H61N3O8S2. The van der Waals surface area contributed by atoms with E-state index < -0.39 is 48.5 Å². The summed E-state index contributed by atoms with van der Waals surface area (Å²) in [5.41, 5.74) is 8.69. The van der Waals surface area contributed by atoms with Crippen LogP contribution in [0.1, 0.15) is 96.4 Å². The first-order valence-electron chi connectivity index (χ1n) is 23.3. The second-order valence-corrected chi connectivity index (χ2v) is 23.2. The SMILES string of the molecule is CN(C(=O)OC(C)(C)C)C1=C(/C=C/C2=[N+](CCCCS(=O)(=O)O)c3ccc4ccccc4c3C2(C)C)c2ccccc2/C1=C\C=C1\N(CCCCS(=O)(=O)[O-])c2ccc3ccccc3c2C1(C)C. The van der Waals surface area contributed by atoms with Gasteiger partial charge in [-0.05, 0) is 116 Å². The summed E-state index contributed by atoms with van der Waals surface area (Å²) in [4.78, 5) is 18.1. The summed E-state index contributed by atoms with van der Waals surface area (Å²) in [6, 6.07) is 33.2. The minimum absolute atomic E-state index is 0.232. The second kappa shape index (κ2) is 18.2. The van der Waals surface area contributed by atoms with E-state index in [4.69, 9.17) is 4.74 Å². The Kier molecular flexibility index (Phi) is 13.0. The maximum absolute atomic E-state index is 14.3. The van der Waals surface area contributed by atoms with Crippen LogP contribution in [0.4, 0.5) is 16.2 Å². The van der Waals surface area contributed by atoms with Crippen LogP contribution in [0.25, 0.3) is 32.7 Å². The number of rotatable bonds is 14. The molecule has 0 saturated carbocycles. The first kappa shape index (κ1) is 48.6. The fraction of sp³-hybridized carbons (Fsp3) is 0.345. The number of amides is 1. The summed E-state index contributed by atoms with van der Waals surface area (Å²) < 4.78 is 76.1. The molecular weight excluding hydrogens is 895 g/mol. The molecule has 68 heavy (non-hydrogen) atoms. The molecule has 11 nitrogen and oxygen atoms in total. The lowest BCUT2D eigenvalue weighted by Crippen LogP contribution is -2.34. The van der Waals surface area contributed by atoms with Gasteiger partial charge in [0.2, 0.25) is 5.69 Å². The van der Waals surface area contributed by atoms with Crippen molar-refractivity contribution in [3.8, 4) is 0 Å². The van der Waals surface area contributed by atoms with E-state index in [9.17, 15) is 30.7 Å². The van der Waals surface area contributed by atoms with Gasteiger partial charge in [0, 0.05) is 71.4 Å². The Morgan fingerprint density at radius 2 is 1.35 bits per heavy atom. The van der Waals surface area contributed by atoms with Gasteiger partial charge < -0.3 is 14.2 Å². The average Bonchev–Trinajstić information content (AvgIpc) is 3.78. The third-order valence-electron chi connectivity index (χ3n) is 13.4. The van der Waals surface area contributed by atoms with Gasteiger partial charge in [0.25, 0.3) is 10.1 Å². The standard InChI is InChI=1S/C55H61N3O8S2/c1-53(2,3)66-52(59)56(8)51-43(27-31-47-54(4,5)49-39-21-11-9-19-37(39)25-29-45(49)57(47)33-15-17-35-67(60,61)62)41-23-13-14-24-42(41)44(51)28-32-48-55(6,7)50-40-22-12-10-20-38(40)26-30-46(50)58(48)34-16-18-36-68(63,64)65/h9-14,19-32H,15-18,33-36H2,1-8H3,(H-,60,61,62,63,64,65). The van der Waals surface area contributed by atoms with E-state index in [2.05, 4.69) is 122 Å². The lowest BCUT2D eigenvalue weighted by atomic mass is 9.79. The van der Waals surface area contributed by atoms with Crippen LogP contribution in [-0.4, -0.2) is 84.5 Å². The molecule has 1 N–H and O–H groups in total. The zero-order valence-electron chi connectivity index (χ0n) is 40.2. The number of allylic oxidation sites excluding steroid dienone is 7. The lowest BCUT2D eigenvalue weighted by Gasteiger charge is -2.28.